The Balaban J connectivity index is 2.17. The van der Waals surface area contributed by atoms with E-state index in [1.165, 1.54) is 11.0 Å². The van der Waals surface area contributed by atoms with E-state index >= 15 is 0 Å². The van der Waals surface area contributed by atoms with Crippen LogP contribution in [-0.2, 0) is 4.79 Å². The maximum atomic E-state index is 13.7. The van der Waals surface area contributed by atoms with Crippen LogP contribution in [0.5, 0.6) is 0 Å². The van der Waals surface area contributed by atoms with Crippen molar-refractivity contribution in [3.05, 3.63) is 30.1 Å². The fraction of sp³-hybridized carbons (Fsp3) is 0.500. The maximum Gasteiger partial charge on any atom is 0.244 e. The molecule has 1 fully saturated rings. The maximum absolute atomic E-state index is 13.7. The number of nitrogens with one attached hydrogen (secondary N) is 1. The molecule has 2 rings (SSSR count). The number of anilines is 1. The second kappa shape index (κ2) is 5.96. The number of hydrogen-bond donors (Lipinski definition) is 1. The second-order valence-electron chi connectivity index (χ2n) is 4.54. The number of para-hydroxylation sites is 1. The summed E-state index contributed by atoms with van der Waals surface area (Å²) < 4.78 is 13.7. The number of amides is 1. The third-order valence-corrected chi connectivity index (χ3v) is 3.33. The summed E-state index contributed by atoms with van der Waals surface area (Å²) >= 11 is 0. The lowest BCUT2D eigenvalue weighted by atomic mass is 10.0. The van der Waals surface area contributed by atoms with Gasteiger partial charge in [0.05, 0.1) is 11.7 Å². The van der Waals surface area contributed by atoms with Crippen LogP contribution in [0.4, 0.5) is 10.1 Å². The van der Waals surface area contributed by atoms with E-state index in [4.69, 9.17) is 0 Å². The van der Waals surface area contributed by atoms with Crippen molar-refractivity contribution in [3.63, 3.8) is 0 Å². The number of nitrogens with zero attached hydrogens (tertiary/aromatic N) is 1. The Morgan fingerprint density at radius 1 is 1.44 bits per heavy atom. The van der Waals surface area contributed by atoms with Crippen LogP contribution in [0.25, 0.3) is 0 Å². The summed E-state index contributed by atoms with van der Waals surface area (Å²) in [6.45, 7) is 3.22. The zero-order chi connectivity index (χ0) is 13.0. The lowest BCUT2D eigenvalue weighted by molar-refractivity contribution is -0.121. The summed E-state index contributed by atoms with van der Waals surface area (Å²) in [5.41, 5.74) is 0.373. The molecule has 1 heterocycles. The van der Waals surface area contributed by atoms with Crippen LogP contribution in [0.1, 0.15) is 26.2 Å². The molecule has 1 saturated heterocycles. The van der Waals surface area contributed by atoms with Gasteiger partial charge in [-0.15, -0.1) is 0 Å². The predicted molar refractivity (Wildman–Crippen MR) is 70.1 cm³/mol. The second-order valence-corrected chi connectivity index (χ2v) is 4.54. The molecule has 0 radical (unpaired) electrons. The average Bonchev–Trinajstić information content (AvgIpc) is 2.42. The Hall–Kier alpha value is -1.42. The van der Waals surface area contributed by atoms with Crippen molar-refractivity contribution in [1.29, 1.82) is 0 Å². The molecule has 0 saturated carbocycles. The molecule has 4 heteroatoms. The van der Waals surface area contributed by atoms with Crippen LogP contribution >= 0.6 is 0 Å². The minimum atomic E-state index is -0.344. The minimum Gasteiger partial charge on any atom is -0.309 e. The van der Waals surface area contributed by atoms with Crippen LogP contribution in [-0.4, -0.2) is 25.0 Å². The molecular weight excluding hydrogens is 231 g/mol. The van der Waals surface area contributed by atoms with Gasteiger partial charge in [-0.1, -0.05) is 18.6 Å². The number of benzene rings is 1. The Bertz CT molecular complexity index is 416. The lowest BCUT2D eigenvalue weighted by Gasteiger charge is -2.29. The van der Waals surface area contributed by atoms with Crippen LogP contribution in [0, 0.1) is 5.82 Å². The van der Waals surface area contributed by atoms with Gasteiger partial charge in [0.2, 0.25) is 5.91 Å². The lowest BCUT2D eigenvalue weighted by Crippen LogP contribution is -2.49. The normalized spacial score (nSPS) is 19.6. The van der Waals surface area contributed by atoms with Gasteiger partial charge in [0, 0.05) is 6.54 Å². The smallest absolute Gasteiger partial charge is 0.244 e. The average molecular weight is 250 g/mol. The summed E-state index contributed by atoms with van der Waals surface area (Å²) in [5, 5.41) is 3.21. The molecule has 1 N–H and O–H groups in total. The molecular formula is C14H19FN2O. The van der Waals surface area contributed by atoms with E-state index in [9.17, 15) is 9.18 Å². The summed E-state index contributed by atoms with van der Waals surface area (Å²) in [5.74, 6) is -0.370. The first-order valence-electron chi connectivity index (χ1n) is 6.53. The molecule has 1 aliphatic heterocycles. The van der Waals surface area contributed by atoms with Gasteiger partial charge in [-0.3, -0.25) is 4.79 Å². The Labute approximate surface area is 107 Å². The number of likely N-dealkylation sites (N-methyl/N-ethyl adjacent to an activating group) is 1. The van der Waals surface area contributed by atoms with Gasteiger partial charge < -0.3 is 10.2 Å². The Morgan fingerprint density at radius 3 is 2.83 bits per heavy atom. The number of carbonyl (C=O) groups is 1. The summed E-state index contributed by atoms with van der Waals surface area (Å²) in [7, 11) is 0. The number of hydrogen-bond acceptors (Lipinski definition) is 2. The van der Waals surface area contributed by atoms with Crippen LogP contribution in [0.2, 0.25) is 0 Å². The van der Waals surface area contributed by atoms with Crippen molar-refractivity contribution in [2.45, 2.75) is 32.2 Å². The first kappa shape index (κ1) is 13.0. The topological polar surface area (TPSA) is 32.3 Å². The van der Waals surface area contributed by atoms with Crippen LogP contribution in [0.3, 0.4) is 0 Å². The van der Waals surface area contributed by atoms with Crippen LogP contribution < -0.4 is 10.2 Å². The minimum absolute atomic E-state index is 0.0256. The zero-order valence-electron chi connectivity index (χ0n) is 10.7. The van der Waals surface area contributed by atoms with Crippen molar-refractivity contribution in [2.75, 3.05) is 18.0 Å². The van der Waals surface area contributed by atoms with E-state index in [2.05, 4.69) is 5.32 Å². The van der Waals surface area contributed by atoms with E-state index in [-0.39, 0.29) is 17.8 Å². The fourth-order valence-corrected chi connectivity index (χ4v) is 2.37. The third kappa shape index (κ3) is 2.70. The van der Waals surface area contributed by atoms with E-state index in [0.29, 0.717) is 12.2 Å². The van der Waals surface area contributed by atoms with E-state index in [1.807, 2.05) is 6.92 Å². The molecule has 1 amide bonds. The molecule has 1 aliphatic rings. The predicted octanol–water partition coefficient (Wildman–Crippen LogP) is 2.32. The number of halogens is 1. The highest BCUT2D eigenvalue weighted by molar-refractivity contribution is 5.97. The van der Waals surface area contributed by atoms with Crippen molar-refractivity contribution in [1.82, 2.24) is 5.32 Å². The van der Waals surface area contributed by atoms with Crippen molar-refractivity contribution < 1.29 is 9.18 Å². The first-order valence-corrected chi connectivity index (χ1v) is 6.53. The van der Waals surface area contributed by atoms with Gasteiger partial charge in [0.15, 0.2) is 0 Å². The van der Waals surface area contributed by atoms with Crippen molar-refractivity contribution >= 4 is 11.6 Å². The van der Waals surface area contributed by atoms with Gasteiger partial charge in [-0.05, 0) is 38.4 Å². The number of carbonyl (C=O) groups excluding carboxylic acids is 1. The molecule has 1 aromatic carbocycles. The summed E-state index contributed by atoms with van der Waals surface area (Å²) in [4.78, 5) is 13.9. The van der Waals surface area contributed by atoms with Crippen molar-refractivity contribution in [3.8, 4) is 0 Å². The zero-order valence-corrected chi connectivity index (χ0v) is 10.7. The van der Waals surface area contributed by atoms with E-state index in [0.717, 1.165) is 25.8 Å². The molecule has 0 bridgehead atoms. The van der Waals surface area contributed by atoms with Crippen LogP contribution in [0.15, 0.2) is 24.3 Å². The molecule has 0 spiro atoms. The number of rotatable bonds is 3. The Kier molecular flexibility index (Phi) is 4.31. The van der Waals surface area contributed by atoms with Gasteiger partial charge in [-0.25, -0.2) is 4.39 Å². The standard InChI is InChI=1S/C14H19FN2O/c1-2-17(13-9-4-3-7-11(13)15)14(18)12-8-5-6-10-16-12/h3-4,7,9,12,16H,2,5-6,8,10H2,1H3. The molecule has 3 nitrogen and oxygen atoms in total. The number of piperidine rings is 1. The van der Waals surface area contributed by atoms with Gasteiger partial charge in [0.25, 0.3) is 0 Å². The summed E-state index contributed by atoms with van der Waals surface area (Å²) in [6, 6.07) is 6.26. The highest BCUT2D eigenvalue weighted by Gasteiger charge is 2.26. The SMILES string of the molecule is CCN(C(=O)C1CCCCN1)c1ccccc1F. The largest absolute Gasteiger partial charge is 0.309 e. The quantitative estimate of drug-likeness (QED) is 0.893. The van der Waals surface area contributed by atoms with Gasteiger partial charge in [0.1, 0.15) is 5.82 Å². The highest BCUT2D eigenvalue weighted by atomic mass is 19.1. The fourth-order valence-electron chi connectivity index (χ4n) is 2.37. The molecule has 0 aromatic heterocycles. The molecule has 18 heavy (non-hydrogen) atoms. The third-order valence-electron chi connectivity index (χ3n) is 3.33. The Morgan fingerprint density at radius 2 is 2.22 bits per heavy atom. The molecule has 1 atom stereocenters. The van der Waals surface area contributed by atoms with Gasteiger partial charge in [-0.2, -0.15) is 0 Å². The first-order chi connectivity index (χ1) is 8.74. The molecule has 0 aliphatic carbocycles. The summed E-state index contributed by atoms with van der Waals surface area (Å²) in [6.07, 6.45) is 3.00. The highest BCUT2D eigenvalue weighted by Crippen LogP contribution is 2.21. The van der Waals surface area contributed by atoms with Crippen molar-refractivity contribution in [2.24, 2.45) is 0 Å². The van der Waals surface area contributed by atoms with E-state index < -0.39 is 0 Å². The molecule has 1 aromatic rings. The molecule has 98 valence electrons. The monoisotopic (exact) mass is 250 g/mol. The molecule has 1 unspecified atom stereocenters. The van der Waals surface area contributed by atoms with Gasteiger partial charge >= 0.3 is 0 Å². The van der Waals surface area contributed by atoms with E-state index in [1.54, 1.807) is 18.2 Å².